The van der Waals surface area contributed by atoms with Gasteiger partial charge >= 0.3 is 6.03 Å². The summed E-state index contributed by atoms with van der Waals surface area (Å²) in [4.78, 5) is 12.2. The van der Waals surface area contributed by atoms with Gasteiger partial charge in [-0.1, -0.05) is 26.2 Å². The Morgan fingerprint density at radius 1 is 1.19 bits per heavy atom. The first-order valence-corrected chi connectivity index (χ1v) is 11.3. The molecule has 0 aromatic heterocycles. The molecule has 1 aliphatic heterocycles. The number of hydrogen-bond donors (Lipinski definition) is 2. The van der Waals surface area contributed by atoms with Crippen molar-refractivity contribution in [1.29, 1.82) is 0 Å². The SMILES string of the molecule is CCCS(=O)(=O)N1CCCc2cc(NC(=O)NC3CCCCC3)ccc21. The summed E-state index contributed by atoms with van der Waals surface area (Å²) in [6, 6.07) is 5.60. The number of urea groups is 1. The summed E-state index contributed by atoms with van der Waals surface area (Å²) in [5, 5.41) is 5.94. The van der Waals surface area contributed by atoms with E-state index in [1.807, 2.05) is 19.1 Å². The van der Waals surface area contributed by atoms with Gasteiger partial charge in [0.1, 0.15) is 0 Å². The minimum absolute atomic E-state index is 0.163. The van der Waals surface area contributed by atoms with Gasteiger partial charge in [-0.05, 0) is 55.9 Å². The van der Waals surface area contributed by atoms with Gasteiger partial charge in [-0.25, -0.2) is 13.2 Å². The zero-order valence-electron chi connectivity index (χ0n) is 15.5. The third-order valence-corrected chi connectivity index (χ3v) is 7.13. The quantitative estimate of drug-likeness (QED) is 0.820. The lowest BCUT2D eigenvalue weighted by Crippen LogP contribution is -2.39. The van der Waals surface area contributed by atoms with E-state index in [2.05, 4.69) is 10.6 Å². The molecule has 0 atom stereocenters. The predicted molar refractivity (Wildman–Crippen MR) is 105 cm³/mol. The summed E-state index contributed by atoms with van der Waals surface area (Å²) in [6.07, 6.45) is 7.92. The second kappa shape index (κ2) is 8.29. The van der Waals surface area contributed by atoms with E-state index < -0.39 is 10.0 Å². The number of fused-ring (bicyclic) bond motifs is 1. The monoisotopic (exact) mass is 379 g/mol. The highest BCUT2D eigenvalue weighted by molar-refractivity contribution is 7.92. The van der Waals surface area contributed by atoms with Crippen molar-refractivity contribution in [3.8, 4) is 0 Å². The molecule has 0 saturated heterocycles. The molecule has 1 aliphatic carbocycles. The first kappa shape index (κ1) is 19.0. The summed E-state index contributed by atoms with van der Waals surface area (Å²) in [6.45, 7) is 2.41. The number of anilines is 2. The van der Waals surface area contributed by atoms with Gasteiger partial charge in [0.25, 0.3) is 0 Å². The summed E-state index contributed by atoms with van der Waals surface area (Å²) in [7, 11) is -3.27. The molecule has 1 aromatic rings. The smallest absolute Gasteiger partial charge is 0.319 e. The Labute approximate surface area is 156 Å². The van der Waals surface area contributed by atoms with Crippen molar-refractivity contribution in [2.75, 3.05) is 21.9 Å². The number of hydrogen-bond acceptors (Lipinski definition) is 3. The number of carbonyl (C=O) groups is 1. The van der Waals surface area contributed by atoms with Gasteiger partial charge in [0.15, 0.2) is 0 Å². The van der Waals surface area contributed by atoms with Gasteiger partial charge in [0.05, 0.1) is 11.4 Å². The number of aryl methyl sites for hydroxylation is 1. The molecule has 144 valence electrons. The van der Waals surface area contributed by atoms with Crippen LogP contribution in [0, 0.1) is 0 Å². The van der Waals surface area contributed by atoms with Crippen molar-refractivity contribution < 1.29 is 13.2 Å². The molecule has 0 radical (unpaired) electrons. The maximum absolute atomic E-state index is 12.5. The molecule has 0 unspecified atom stereocenters. The van der Waals surface area contributed by atoms with Crippen LogP contribution in [0.5, 0.6) is 0 Å². The Morgan fingerprint density at radius 2 is 1.96 bits per heavy atom. The van der Waals surface area contributed by atoms with Crippen molar-refractivity contribution in [3.05, 3.63) is 23.8 Å². The fourth-order valence-corrected chi connectivity index (χ4v) is 5.52. The summed E-state index contributed by atoms with van der Waals surface area (Å²) in [5.74, 6) is 0.163. The zero-order valence-corrected chi connectivity index (χ0v) is 16.3. The molecule has 0 bridgehead atoms. The van der Waals surface area contributed by atoms with Crippen LogP contribution in [0.1, 0.15) is 57.4 Å². The van der Waals surface area contributed by atoms with Crippen LogP contribution in [0.2, 0.25) is 0 Å². The molecule has 1 fully saturated rings. The van der Waals surface area contributed by atoms with E-state index in [9.17, 15) is 13.2 Å². The van der Waals surface area contributed by atoms with E-state index in [4.69, 9.17) is 0 Å². The maximum atomic E-state index is 12.5. The largest absolute Gasteiger partial charge is 0.335 e. The van der Waals surface area contributed by atoms with E-state index in [-0.39, 0.29) is 17.8 Å². The predicted octanol–water partition coefficient (Wildman–Crippen LogP) is 3.63. The lowest BCUT2D eigenvalue weighted by molar-refractivity contribution is 0.244. The Morgan fingerprint density at radius 3 is 2.69 bits per heavy atom. The van der Waals surface area contributed by atoms with Gasteiger partial charge in [0, 0.05) is 18.3 Å². The number of rotatable bonds is 5. The average molecular weight is 380 g/mol. The van der Waals surface area contributed by atoms with Crippen molar-refractivity contribution in [3.63, 3.8) is 0 Å². The van der Waals surface area contributed by atoms with Gasteiger partial charge in [-0.3, -0.25) is 4.31 Å². The van der Waals surface area contributed by atoms with E-state index in [1.165, 1.54) is 23.6 Å². The zero-order chi connectivity index (χ0) is 18.6. The molecular formula is C19H29N3O3S. The molecule has 1 heterocycles. The van der Waals surface area contributed by atoms with Gasteiger partial charge in [0.2, 0.25) is 10.0 Å². The number of amides is 2. The first-order chi connectivity index (χ1) is 12.5. The third-order valence-electron chi connectivity index (χ3n) is 5.15. The summed E-state index contributed by atoms with van der Waals surface area (Å²) < 4.78 is 26.5. The summed E-state index contributed by atoms with van der Waals surface area (Å²) in [5.41, 5.74) is 2.45. The highest BCUT2D eigenvalue weighted by Crippen LogP contribution is 2.32. The minimum Gasteiger partial charge on any atom is -0.335 e. The van der Waals surface area contributed by atoms with Crippen molar-refractivity contribution in [1.82, 2.24) is 5.32 Å². The Bertz CT molecular complexity index is 742. The van der Waals surface area contributed by atoms with Crippen LogP contribution in [-0.4, -0.2) is 32.8 Å². The molecular weight excluding hydrogens is 350 g/mol. The number of carbonyl (C=O) groups excluding carboxylic acids is 1. The molecule has 2 N–H and O–H groups in total. The van der Waals surface area contributed by atoms with E-state index in [0.29, 0.717) is 18.7 Å². The number of benzene rings is 1. The van der Waals surface area contributed by atoms with Crippen LogP contribution in [-0.2, 0) is 16.4 Å². The Kier molecular flexibility index (Phi) is 6.06. The number of nitrogens with one attached hydrogen (secondary N) is 2. The second-order valence-corrected chi connectivity index (χ2v) is 9.28. The second-order valence-electron chi connectivity index (χ2n) is 7.27. The minimum atomic E-state index is -3.27. The fraction of sp³-hybridized carbons (Fsp3) is 0.632. The van der Waals surface area contributed by atoms with Crippen LogP contribution in [0.15, 0.2) is 18.2 Å². The molecule has 2 amide bonds. The molecule has 1 aromatic carbocycles. The van der Waals surface area contributed by atoms with Crippen LogP contribution < -0.4 is 14.9 Å². The normalized spacial score (nSPS) is 18.3. The van der Waals surface area contributed by atoms with Gasteiger partial charge in [-0.2, -0.15) is 0 Å². The standard InChI is InChI=1S/C19H29N3O3S/c1-2-13-26(24,25)22-12-6-7-15-14-17(10-11-18(15)22)21-19(23)20-16-8-4-3-5-9-16/h10-11,14,16H,2-9,12-13H2,1H3,(H2,20,21,23). The molecule has 26 heavy (non-hydrogen) atoms. The van der Waals surface area contributed by atoms with E-state index >= 15 is 0 Å². The van der Waals surface area contributed by atoms with Crippen molar-refractivity contribution >= 4 is 27.4 Å². The summed E-state index contributed by atoms with van der Waals surface area (Å²) >= 11 is 0. The molecule has 6 nitrogen and oxygen atoms in total. The van der Waals surface area contributed by atoms with Crippen LogP contribution in [0.25, 0.3) is 0 Å². The molecule has 1 saturated carbocycles. The lowest BCUT2D eigenvalue weighted by Gasteiger charge is -2.31. The highest BCUT2D eigenvalue weighted by Gasteiger charge is 2.27. The first-order valence-electron chi connectivity index (χ1n) is 9.70. The maximum Gasteiger partial charge on any atom is 0.319 e. The van der Waals surface area contributed by atoms with Crippen molar-refractivity contribution in [2.24, 2.45) is 0 Å². The van der Waals surface area contributed by atoms with E-state index in [1.54, 1.807) is 6.07 Å². The number of nitrogens with zero attached hydrogens (tertiary/aromatic N) is 1. The van der Waals surface area contributed by atoms with Crippen LogP contribution >= 0.6 is 0 Å². The number of sulfonamides is 1. The molecule has 3 rings (SSSR count). The van der Waals surface area contributed by atoms with Crippen molar-refractivity contribution in [2.45, 2.75) is 64.3 Å². The van der Waals surface area contributed by atoms with E-state index in [0.717, 1.165) is 36.9 Å². The Hall–Kier alpha value is -1.76. The van der Waals surface area contributed by atoms with Gasteiger partial charge < -0.3 is 10.6 Å². The average Bonchev–Trinajstić information content (AvgIpc) is 2.61. The van der Waals surface area contributed by atoms with Crippen LogP contribution in [0.4, 0.5) is 16.2 Å². The Balaban J connectivity index is 1.69. The lowest BCUT2D eigenvalue weighted by atomic mass is 9.96. The molecule has 7 heteroatoms. The van der Waals surface area contributed by atoms with Gasteiger partial charge in [-0.15, -0.1) is 0 Å². The third kappa shape index (κ3) is 4.50. The molecule has 2 aliphatic rings. The fourth-order valence-electron chi connectivity index (χ4n) is 3.90. The topological polar surface area (TPSA) is 78.5 Å². The molecule has 0 spiro atoms. The highest BCUT2D eigenvalue weighted by atomic mass is 32.2. The van der Waals surface area contributed by atoms with Crippen LogP contribution in [0.3, 0.4) is 0 Å².